The van der Waals surface area contributed by atoms with Crippen LogP contribution in [0, 0.1) is 27.6 Å². The van der Waals surface area contributed by atoms with Crippen LogP contribution in [0.4, 0.5) is 24.8 Å². The Morgan fingerprint density at radius 2 is 1.97 bits per heavy atom. The number of nitrogens with one attached hydrogen (secondary N) is 2. The molecule has 9 nitrogen and oxygen atoms in total. The fraction of sp³-hybridized carbons (Fsp3) is 0.250. The molecule has 2 unspecified atom stereocenters. The lowest BCUT2D eigenvalue weighted by Gasteiger charge is -2.27. The number of hydrogen-bond donors (Lipinski definition) is 3. The smallest absolute Gasteiger partial charge is 0.220 e. The summed E-state index contributed by atoms with van der Waals surface area (Å²) >= 11 is 0. The molecule has 37 heavy (non-hydrogen) atoms. The number of benzene rings is 2. The van der Waals surface area contributed by atoms with Crippen LogP contribution in [-0.4, -0.2) is 46.0 Å². The lowest BCUT2D eigenvalue weighted by Crippen LogP contribution is -2.34. The molecule has 0 radical (unpaired) electrons. The van der Waals surface area contributed by atoms with Crippen LogP contribution in [0.25, 0.3) is 0 Å². The molecule has 2 atom stereocenters. The van der Waals surface area contributed by atoms with Gasteiger partial charge in [-0.25, -0.2) is 32.1 Å². The number of nitrogens with zero attached hydrogens (tertiary/aromatic N) is 4. The Kier molecular flexibility index (Phi) is 8.61. The molecule has 0 bridgehead atoms. The van der Waals surface area contributed by atoms with Gasteiger partial charge in [0.2, 0.25) is 5.95 Å². The summed E-state index contributed by atoms with van der Waals surface area (Å²) in [6.45, 7) is 3.06. The van der Waals surface area contributed by atoms with Crippen molar-refractivity contribution in [1.82, 2.24) is 9.97 Å². The quantitative estimate of drug-likeness (QED) is 0.259. The van der Waals surface area contributed by atoms with Gasteiger partial charge in [-0.05, 0) is 44.2 Å². The van der Waals surface area contributed by atoms with E-state index in [1.54, 1.807) is 0 Å². The summed E-state index contributed by atoms with van der Waals surface area (Å²) in [4.78, 5) is 11.5. The highest BCUT2D eigenvalue weighted by atomic mass is 32.2. The first-order valence-electron chi connectivity index (χ1n) is 11.0. The highest BCUT2D eigenvalue weighted by molar-refractivity contribution is 7.93. The number of halogens is 3. The Morgan fingerprint density at radius 1 is 1.24 bits per heavy atom. The largest absolute Gasteiger partial charge is 0.368 e. The monoisotopic (exact) mass is 533 g/mol. The highest BCUT2D eigenvalue weighted by Gasteiger charge is 2.30. The molecule has 3 aromatic rings. The van der Waals surface area contributed by atoms with E-state index in [-0.39, 0.29) is 23.3 Å². The number of ether oxygens (including phenoxy) is 1. The molecule has 0 aliphatic carbocycles. The van der Waals surface area contributed by atoms with Gasteiger partial charge in [-0.2, -0.15) is 0 Å². The van der Waals surface area contributed by atoms with Crippen molar-refractivity contribution in [1.29, 1.82) is 10.2 Å². The van der Waals surface area contributed by atoms with E-state index in [1.165, 1.54) is 43.8 Å². The topological polar surface area (TPSA) is 141 Å². The summed E-state index contributed by atoms with van der Waals surface area (Å²) < 4.78 is 71.9. The predicted octanol–water partition coefficient (Wildman–Crippen LogP) is 4.54. The van der Waals surface area contributed by atoms with Gasteiger partial charge < -0.3 is 15.9 Å². The van der Waals surface area contributed by atoms with Crippen molar-refractivity contribution >= 4 is 33.5 Å². The van der Waals surface area contributed by atoms with Crippen LogP contribution in [0.2, 0.25) is 0 Å². The molecule has 13 heteroatoms. The molecule has 0 spiro atoms. The lowest BCUT2D eigenvalue weighted by molar-refractivity contribution is 0.210. The average molecular weight is 534 g/mol. The average Bonchev–Trinajstić information content (AvgIpc) is 2.84. The third kappa shape index (κ3) is 6.12. The van der Waals surface area contributed by atoms with Crippen LogP contribution in [-0.2, 0) is 14.7 Å². The minimum atomic E-state index is -4.31. The van der Waals surface area contributed by atoms with Gasteiger partial charge in [-0.3, -0.25) is 9.30 Å². The number of hydrogen-bond acceptors (Lipinski definition) is 8. The fourth-order valence-electron chi connectivity index (χ4n) is 3.41. The van der Waals surface area contributed by atoms with Crippen LogP contribution >= 0.6 is 0 Å². The first-order valence-corrected chi connectivity index (χ1v) is 12.5. The molecular formula is C24H26F3N7O2S. The maximum atomic E-state index is 16.0. The molecule has 1 aromatic heterocycles. The molecule has 196 valence electrons. The van der Waals surface area contributed by atoms with Crippen molar-refractivity contribution in [2.24, 2.45) is 4.99 Å². The van der Waals surface area contributed by atoms with Crippen LogP contribution in [0.5, 0.6) is 0 Å². The van der Waals surface area contributed by atoms with Crippen molar-refractivity contribution in [3.05, 3.63) is 77.4 Å². The second-order valence-electron chi connectivity index (χ2n) is 8.16. The van der Waals surface area contributed by atoms with E-state index in [1.807, 2.05) is 13.8 Å². The molecule has 0 aliphatic rings. The van der Waals surface area contributed by atoms with E-state index in [0.29, 0.717) is 16.1 Å². The zero-order valence-corrected chi connectivity index (χ0v) is 21.1. The summed E-state index contributed by atoms with van der Waals surface area (Å²) in [6, 6.07) is 7.47. The van der Waals surface area contributed by atoms with E-state index < -0.39 is 50.6 Å². The summed E-state index contributed by atoms with van der Waals surface area (Å²) in [5.41, 5.74) is 5.12. The number of aliphatic imine (C=N–C) groups is 1. The van der Waals surface area contributed by atoms with Gasteiger partial charge in [0.25, 0.3) is 0 Å². The van der Waals surface area contributed by atoms with Crippen LogP contribution in [0.1, 0.15) is 31.0 Å². The van der Waals surface area contributed by atoms with Gasteiger partial charge in [0, 0.05) is 31.1 Å². The van der Waals surface area contributed by atoms with Gasteiger partial charge in [0.1, 0.15) is 23.3 Å². The zero-order chi connectivity index (χ0) is 27.3. The summed E-state index contributed by atoms with van der Waals surface area (Å²) in [7, 11) is -3.10. The van der Waals surface area contributed by atoms with Crippen molar-refractivity contribution in [2.75, 3.05) is 23.9 Å². The van der Waals surface area contributed by atoms with Crippen molar-refractivity contribution < 1.29 is 22.1 Å². The Bertz CT molecular complexity index is 1430. The van der Waals surface area contributed by atoms with Crippen LogP contribution in [0.15, 0.2) is 58.5 Å². The van der Waals surface area contributed by atoms with E-state index in [0.717, 1.165) is 12.1 Å². The van der Waals surface area contributed by atoms with E-state index in [2.05, 4.69) is 15.0 Å². The van der Waals surface area contributed by atoms with Crippen molar-refractivity contribution in [2.45, 2.75) is 30.7 Å². The van der Waals surface area contributed by atoms with E-state index in [9.17, 15) is 13.0 Å². The van der Waals surface area contributed by atoms with Crippen molar-refractivity contribution in [3.63, 3.8) is 0 Å². The zero-order valence-electron chi connectivity index (χ0n) is 20.3. The highest BCUT2D eigenvalue weighted by Crippen LogP contribution is 2.32. The number of nitrogens with two attached hydrogens (primary N) is 1. The Hall–Kier alpha value is -3.84. The third-order valence-corrected chi connectivity index (χ3v) is 6.98. The maximum Gasteiger partial charge on any atom is 0.220 e. The summed E-state index contributed by atoms with van der Waals surface area (Å²) in [5, 5.41) is 8.79. The first-order chi connectivity index (χ1) is 17.5. The molecule has 3 rings (SSSR count). The third-order valence-electron chi connectivity index (χ3n) is 5.14. The maximum absolute atomic E-state index is 16.0. The van der Waals surface area contributed by atoms with Gasteiger partial charge in [-0.15, -0.1) is 0 Å². The van der Waals surface area contributed by atoms with E-state index >= 15 is 4.39 Å². The van der Waals surface area contributed by atoms with Gasteiger partial charge in [0.15, 0.2) is 15.7 Å². The molecular weight excluding hydrogens is 507 g/mol. The standard InChI is InChI=1S/C24H26F3N7O2S/c1-14(2)32-12-17(19-9-10-31-24(29)33-19)23(28)16-5-4-6-20(22(16)27)34(13-36-3)37(30,35)21-11-15(25)7-8-18(21)26/h4-12,14,17,28,30H,13H2,1-3H3,(H2,29,31,33). The second-order valence-corrected chi connectivity index (χ2v) is 10.1. The molecule has 0 saturated carbocycles. The molecule has 0 amide bonds. The fourth-order valence-corrected chi connectivity index (χ4v) is 4.93. The first kappa shape index (κ1) is 27.7. The molecule has 4 N–H and O–H groups in total. The van der Waals surface area contributed by atoms with Crippen molar-refractivity contribution in [3.8, 4) is 0 Å². The molecule has 0 aliphatic heterocycles. The Morgan fingerprint density at radius 3 is 2.62 bits per heavy atom. The second kappa shape index (κ2) is 11.5. The summed E-state index contributed by atoms with van der Waals surface area (Å²) in [5.74, 6) is -4.00. The number of anilines is 2. The molecule has 0 fully saturated rings. The van der Waals surface area contributed by atoms with Gasteiger partial charge >= 0.3 is 0 Å². The number of methoxy groups -OCH3 is 1. The normalized spacial score (nSPS) is 14.0. The summed E-state index contributed by atoms with van der Waals surface area (Å²) in [6.07, 6.45) is 2.85. The number of nitrogen functional groups attached to an aromatic ring is 1. The molecule has 2 aromatic carbocycles. The van der Waals surface area contributed by atoms with E-state index in [4.69, 9.17) is 20.7 Å². The van der Waals surface area contributed by atoms with Crippen LogP contribution < -0.4 is 10.0 Å². The Labute approximate surface area is 212 Å². The number of aromatic nitrogens is 2. The predicted molar refractivity (Wildman–Crippen MR) is 136 cm³/mol. The molecule has 1 heterocycles. The van der Waals surface area contributed by atoms with Gasteiger partial charge in [-0.1, -0.05) is 12.1 Å². The number of rotatable bonds is 10. The SMILES string of the molecule is COCN(c1cccc(C(=N)C(C=NC(C)C)c2ccnc(N)n2)c1F)S(=N)(=O)c1cc(F)ccc1F. The minimum Gasteiger partial charge on any atom is -0.368 e. The minimum absolute atomic E-state index is 0.0418. The van der Waals surface area contributed by atoms with Crippen LogP contribution in [0.3, 0.4) is 0 Å². The molecule has 0 saturated heterocycles. The van der Waals surface area contributed by atoms with Gasteiger partial charge in [0.05, 0.1) is 23.0 Å². The Balaban J connectivity index is 2.14. The lowest BCUT2D eigenvalue weighted by atomic mass is 9.93.